The fourth-order valence-corrected chi connectivity index (χ4v) is 5.02. The molecule has 0 radical (unpaired) electrons. The van der Waals surface area contributed by atoms with Gasteiger partial charge in [-0.15, -0.1) is 0 Å². The lowest BCUT2D eigenvalue weighted by atomic mass is 9.76. The molecule has 156 valence electrons. The molecule has 29 heavy (non-hydrogen) atoms. The van der Waals surface area contributed by atoms with Gasteiger partial charge in [0.15, 0.2) is 0 Å². The second kappa shape index (κ2) is 8.92. The molecule has 6 unspecified atom stereocenters. The molecule has 2 heterocycles. The average molecular weight is 401 g/mol. The quantitative estimate of drug-likeness (QED) is 0.659. The summed E-state index contributed by atoms with van der Waals surface area (Å²) in [6, 6.07) is 3.51. The van der Waals surface area contributed by atoms with Gasteiger partial charge in [-0.2, -0.15) is 10.5 Å². The number of nitriles is 2. The molecule has 3 rings (SSSR count). The van der Waals surface area contributed by atoms with Gasteiger partial charge >= 0.3 is 0 Å². The second-order valence-electron chi connectivity index (χ2n) is 8.47. The van der Waals surface area contributed by atoms with Gasteiger partial charge in [0.25, 0.3) is 0 Å². The summed E-state index contributed by atoms with van der Waals surface area (Å²) >= 11 is 0. The minimum Gasteiger partial charge on any atom is -0.353 e. The molecule has 3 N–H and O–H groups in total. The standard InChI is InChI=1S/C21H28FN5O2/c1-11-15(21(29)27-17-5-6-25-18(10-24)20(11)17)8-19(28)26-12(2)14-4-3-13(9-23)7-16(14)22/h12-14,16-18,20,25H,3-8H2,1-2H3,(H,26,28)(H,27,29)/t12-,13?,14?,16?,17?,18?,20?/m0/s1. The van der Waals surface area contributed by atoms with Crippen molar-refractivity contribution in [1.82, 2.24) is 16.0 Å². The Morgan fingerprint density at radius 1 is 1.31 bits per heavy atom. The highest BCUT2D eigenvalue weighted by molar-refractivity contribution is 6.00. The van der Waals surface area contributed by atoms with E-state index < -0.39 is 12.2 Å². The van der Waals surface area contributed by atoms with E-state index in [1.807, 2.05) is 6.92 Å². The van der Waals surface area contributed by atoms with Gasteiger partial charge < -0.3 is 16.0 Å². The highest BCUT2D eigenvalue weighted by Crippen LogP contribution is 2.34. The van der Waals surface area contributed by atoms with E-state index in [-0.39, 0.29) is 54.5 Å². The van der Waals surface area contributed by atoms with Gasteiger partial charge in [-0.1, -0.05) is 5.57 Å². The van der Waals surface area contributed by atoms with Crippen LogP contribution < -0.4 is 16.0 Å². The zero-order valence-corrected chi connectivity index (χ0v) is 16.9. The molecule has 2 fully saturated rings. The maximum atomic E-state index is 14.4. The molecule has 1 saturated heterocycles. The van der Waals surface area contributed by atoms with Gasteiger partial charge in [0.05, 0.1) is 18.6 Å². The molecule has 2 amide bonds. The van der Waals surface area contributed by atoms with E-state index >= 15 is 0 Å². The number of amides is 2. The van der Waals surface area contributed by atoms with Crippen LogP contribution in [0, 0.1) is 40.4 Å². The Morgan fingerprint density at radius 2 is 2.07 bits per heavy atom. The molecule has 7 nitrogen and oxygen atoms in total. The van der Waals surface area contributed by atoms with Crippen LogP contribution in [0.1, 0.15) is 46.0 Å². The van der Waals surface area contributed by atoms with Crippen LogP contribution in [0.5, 0.6) is 0 Å². The van der Waals surface area contributed by atoms with Crippen LogP contribution in [0.3, 0.4) is 0 Å². The van der Waals surface area contributed by atoms with Crippen molar-refractivity contribution >= 4 is 11.8 Å². The van der Waals surface area contributed by atoms with E-state index in [1.54, 1.807) is 6.92 Å². The summed E-state index contributed by atoms with van der Waals surface area (Å²) in [5.41, 5.74) is 1.17. The summed E-state index contributed by atoms with van der Waals surface area (Å²) in [5.74, 6) is -1.32. The lowest BCUT2D eigenvalue weighted by Crippen LogP contribution is -2.58. The van der Waals surface area contributed by atoms with Gasteiger partial charge in [0.2, 0.25) is 11.8 Å². The van der Waals surface area contributed by atoms with Gasteiger partial charge in [-0.25, -0.2) is 4.39 Å². The Labute approximate surface area is 170 Å². The number of carbonyl (C=O) groups is 2. The molecule has 7 atom stereocenters. The summed E-state index contributed by atoms with van der Waals surface area (Å²) in [6.07, 6.45) is 0.940. The van der Waals surface area contributed by atoms with Crippen molar-refractivity contribution in [2.75, 3.05) is 6.54 Å². The third kappa shape index (κ3) is 4.43. The first-order chi connectivity index (χ1) is 13.8. The van der Waals surface area contributed by atoms with E-state index in [0.29, 0.717) is 25.0 Å². The predicted octanol–water partition coefficient (Wildman–Crippen LogP) is 1.48. The number of halogens is 1. The van der Waals surface area contributed by atoms with E-state index in [9.17, 15) is 19.2 Å². The molecule has 0 aromatic rings. The number of nitrogens with zero attached hydrogens (tertiary/aromatic N) is 2. The maximum absolute atomic E-state index is 14.4. The van der Waals surface area contributed by atoms with Crippen molar-refractivity contribution in [3.63, 3.8) is 0 Å². The first-order valence-corrected chi connectivity index (χ1v) is 10.3. The lowest BCUT2D eigenvalue weighted by molar-refractivity contribution is -0.125. The van der Waals surface area contributed by atoms with Gasteiger partial charge in [0, 0.05) is 35.4 Å². The molecular weight excluding hydrogens is 373 g/mol. The number of hydrogen-bond acceptors (Lipinski definition) is 5. The minimum absolute atomic E-state index is 0.0894. The number of hydrogen-bond donors (Lipinski definition) is 3. The Balaban J connectivity index is 1.66. The smallest absolute Gasteiger partial charge is 0.247 e. The van der Waals surface area contributed by atoms with Gasteiger partial charge in [-0.3, -0.25) is 9.59 Å². The van der Waals surface area contributed by atoms with Crippen molar-refractivity contribution in [2.45, 2.75) is 70.2 Å². The fourth-order valence-electron chi connectivity index (χ4n) is 5.02. The Hall–Kier alpha value is -2.45. The fraction of sp³-hybridized carbons (Fsp3) is 0.714. The van der Waals surface area contributed by atoms with E-state index in [1.165, 1.54) is 0 Å². The number of piperidine rings is 1. The summed E-state index contributed by atoms with van der Waals surface area (Å²) in [6.45, 7) is 4.26. The highest BCUT2D eigenvalue weighted by Gasteiger charge is 2.41. The van der Waals surface area contributed by atoms with E-state index in [4.69, 9.17) is 5.26 Å². The molecule has 0 aromatic heterocycles. The van der Waals surface area contributed by atoms with Crippen LogP contribution >= 0.6 is 0 Å². The average Bonchev–Trinajstić information content (AvgIpc) is 2.70. The van der Waals surface area contributed by atoms with Crippen molar-refractivity contribution in [3.05, 3.63) is 11.1 Å². The van der Waals surface area contributed by atoms with Crippen molar-refractivity contribution < 1.29 is 14.0 Å². The van der Waals surface area contributed by atoms with Crippen molar-refractivity contribution in [1.29, 1.82) is 10.5 Å². The van der Waals surface area contributed by atoms with Crippen molar-refractivity contribution in [3.8, 4) is 12.1 Å². The molecule has 0 aromatic carbocycles. The maximum Gasteiger partial charge on any atom is 0.247 e. The number of alkyl halides is 1. The van der Waals surface area contributed by atoms with Gasteiger partial charge in [-0.05, 0) is 46.1 Å². The number of fused-ring (bicyclic) bond motifs is 1. The zero-order valence-electron chi connectivity index (χ0n) is 16.9. The summed E-state index contributed by atoms with van der Waals surface area (Å²) < 4.78 is 14.4. The Bertz CT molecular complexity index is 783. The van der Waals surface area contributed by atoms with Gasteiger partial charge in [0.1, 0.15) is 12.2 Å². The third-order valence-corrected chi connectivity index (χ3v) is 6.69. The summed E-state index contributed by atoms with van der Waals surface area (Å²) in [7, 11) is 0. The molecule has 3 aliphatic rings. The van der Waals surface area contributed by atoms with Crippen LogP contribution in [0.25, 0.3) is 0 Å². The monoisotopic (exact) mass is 401 g/mol. The third-order valence-electron chi connectivity index (χ3n) is 6.69. The Morgan fingerprint density at radius 3 is 2.72 bits per heavy atom. The highest BCUT2D eigenvalue weighted by atomic mass is 19.1. The number of rotatable bonds is 4. The molecule has 1 saturated carbocycles. The second-order valence-corrected chi connectivity index (χ2v) is 8.47. The molecule has 1 aliphatic carbocycles. The molecule has 0 spiro atoms. The molecule has 2 aliphatic heterocycles. The summed E-state index contributed by atoms with van der Waals surface area (Å²) in [4.78, 5) is 25.2. The lowest BCUT2D eigenvalue weighted by Gasteiger charge is -2.41. The SMILES string of the molecule is CC1=C(CC(=O)N[C@@H](C)C2CCC(C#N)CC2F)C(=O)NC2CCNC(C#N)C12. The number of carbonyl (C=O) groups excluding carboxylic acids is 2. The van der Waals surface area contributed by atoms with Crippen LogP contribution in [-0.2, 0) is 9.59 Å². The number of nitrogens with one attached hydrogen (secondary N) is 3. The summed E-state index contributed by atoms with van der Waals surface area (Å²) in [5, 5.41) is 27.4. The van der Waals surface area contributed by atoms with E-state index in [2.05, 4.69) is 28.1 Å². The molecule has 8 heteroatoms. The minimum atomic E-state index is -1.12. The molecule has 0 bridgehead atoms. The van der Waals surface area contributed by atoms with Crippen LogP contribution in [-0.4, -0.2) is 42.7 Å². The van der Waals surface area contributed by atoms with E-state index in [0.717, 1.165) is 12.0 Å². The van der Waals surface area contributed by atoms with Crippen LogP contribution in [0.15, 0.2) is 11.1 Å². The van der Waals surface area contributed by atoms with Crippen molar-refractivity contribution in [2.24, 2.45) is 17.8 Å². The normalized spacial score (nSPS) is 35.6. The zero-order chi connectivity index (χ0) is 21.1. The first-order valence-electron chi connectivity index (χ1n) is 10.3. The predicted molar refractivity (Wildman–Crippen MR) is 104 cm³/mol. The Kier molecular flexibility index (Phi) is 6.54. The largest absolute Gasteiger partial charge is 0.353 e. The molecular formula is C21H28FN5O2. The van der Waals surface area contributed by atoms with Crippen LogP contribution in [0.4, 0.5) is 4.39 Å². The topological polar surface area (TPSA) is 118 Å². The van der Waals surface area contributed by atoms with Crippen LogP contribution in [0.2, 0.25) is 0 Å². The first kappa shape index (κ1) is 21.3.